The van der Waals surface area contributed by atoms with E-state index in [9.17, 15) is 5.11 Å². The highest BCUT2D eigenvalue weighted by Crippen LogP contribution is 2.35. The number of aromatic hydroxyl groups is 1. The molecular weight excluding hydrogens is 338 g/mol. The molecule has 6 nitrogen and oxygen atoms in total. The van der Waals surface area contributed by atoms with Crippen molar-refractivity contribution in [2.45, 2.75) is 6.92 Å². The van der Waals surface area contributed by atoms with Gasteiger partial charge in [-0.25, -0.2) is 9.98 Å². The molecule has 0 saturated carbocycles. The van der Waals surface area contributed by atoms with Crippen LogP contribution in [0, 0.1) is 6.92 Å². The molecule has 0 aliphatic carbocycles. The molecule has 0 saturated heterocycles. The summed E-state index contributed by atoms with van der Waals surface area (Å²) in [6.07, 6.45) is 1.59. The third-order valence-corrected chi connectivity index (χ3v) is 4.62. The van der Waals surface area contributed by atoms with Crippen molar-refractivity contribution in [3.8, 4) is 17.0 Å². The second kappa shape index (κ2) is 5.88. The highest BCUT2D eigenvalue weighted by molar-refractivity contribution is 5.94. The molecule has 0 amide bonds. The maximum absolute atomic E-state index is 10.1. The molecule has 27 heavy (non-hydrogen) atoms. The first-order valence-corrected chi connectivity index (χ1v) is 8.57. The van der Waals surface area contributed by atoms with Crippen LogP contribution >= 0.6 is 0 Å². The number of pyridine rings is 1. The van der Waals surface area contributed by atoms with Gasteiger partial charge in [-0.1, -0.05) is 36.4 Å². The number of aromatic nitrogens is 2. The van der Waals surface area contributed by atoms with E-state index in [1.165, 1.54) is 0 Å². The predicted molar refractivity (Wildman–Crippen MR) is 104 cm³/mol. The molecule has 6 heteroatoms. The van der Waals surface area contributed by atoms with E-state index in [0.29, 0.717) is 11.0 Å². The molecular formula is C21H15N5O. The van der Waals surface area contributed by atoms with Gasteiger partial charge in [0.05, 0.1) is 33.8 Å². The van der Waals surface area contributed by atoms with Crippen LogP contribution < -0.4 is 10.7 Å². The van der Waals surface area contributed by atoms with Gasteiger partial charge >= 0.3 is 0 Å². The lowest BCUT2D eigenvalue weighted by Crippen LogP contribution is -2.18. The fourth-order valence-electron chi connectivity index (χ4n) is 3.38. The van der Waals surface area contributed by atoms with Crippen molar-refractivity contribution in [2.24, 2.45) is 15.2 Å². The number of aryl methyl sites for hydroxylation is 1. The zero-order chi connectivity index (χ0) is 18.4. The Kier molecular flexibility index (Phi) is 3.36. The van der Waals surface area contributed by atoms with Crippen LogP contribution in [0.4, 0.5) is 11.4 Å². The number of hydrogen-bond acceptors (Lipinski definition) is 5. The van der Waals surface area contributed by atoms with Crippen molar-refractivity contribution < 1.29 is 5.11 Å². The number of para-hydroxylation sites is 2. The predicted octanol–water partition coefficient (Wildman–Crippen LogP) is 4.03. The van der Waals surface area contributed by atoms with Gasteiger partial charge in [-0.05, 0) is 25.1 Å². The fourth-order valence-corrected chi connectivity index (χ4v) is 3.38. The quantitative estimate of drug-likeness (QED) is 0.469. The molecule has 0 fully saturated rings. The summed E-state index contributed by atoms with van der Waals surface area (Å²) < 4.78 is 0. The molecule has 1 aliphatic heterocycles. The van der Waals surface area contributed by atoms with Gasteiger partial charge in [0.1, 0.15) is 0 Å². The van der Waals surface area contributed by atoms with Gasteiger partial charge in [-0.3, -0.25) is 0 Å². The van der Waals surface area contributed by atoms with Gasteiger partial charge in [-0.15, -0.1) is 5.11 Å². The molecule has 2 aromatic carbocycles. The van der Waals surface area contributed by atoms with Crippen LogP contribution in [0.1, 0.15) is 5.69 Å². The van der Waals surface area contributed by atoms with E-state index in [-0.39, 0.29) is 5.88 Å². The van der Waals surface area contributed by atoms with Gasteiger partial charge in [0.2, 0.25) is 5.88 Å². The monoisotopic (exact) mass is 353 g/mol. The number of rotatable bonds is 2. The second-order valence-corrected chi connectivity index (χ2v) is 6.37. The molecule has 0 radical (unpaired) electrons. The van der Waals surface area contributed by atoms with E-state index >= 15 is 0 Å². The molecule has 2 aromatic heterocycles. The summed E-state index contributed by atoms with van der Waals surface area (Å²) in [5, 5.41) is 20.8. The number of nitrogens with zero attached hydrogens (tertiary/aromatic N) is 4. The molecule has 4 aromatic rings. The van der Waals surface area contributed by atoms with Crippen LogP contribution in [0.2, 0.25) is 0 Å². The topological polar surface area (TPSA) is 86.0 Å². The third kappa shape index (κ3) is 2.50. The van der Waals surface area contributed by atoms with Crippen LogP contribution in [0.15, 0.2) is 69.8 Å². The van der Waals surface area contributed by atoms with Gasteiger partial charge in [-0.2, -0.15) is 5.11 Å². The molecule has 1 aliphatic rings. The van der Waals surface area contributed by atoms with Crippen molar-refractivity contribution in [3.05, 3.63) is 71.0 Å². The van der Waals surface area contributed by atoms with Crippen LogP contribution in [0.25, 0.3) is 28.2 Å². The van der Waals surface area contributed by atoms with Crippen LogP contribution in [0.5, 0.6) is 5.88 Å². The van der Waals surface area contributed by atoms with Gasteiger partial charge in [0.15, 0.2) is 5.69 Å². The van der Waals surface area contributed by atoms with E-state index in [4.69, 9.17) is 0 Å². The van der Waals surface area contributed by atoms with Crippen molar-refractivity contribution in [2.75, 3.05) is 0 Å². The molecule has 0 bridgehead atoms. The Morgan fingerprint density at radius 1 is 1.04 bits per heavy atom. The first-order chi connectivity index (χ1) is 13.2. The Hall–Kier alpha value is -3.80. The Balaban J connectivity index is 1.58. The lowest BCUT2D eigenvalue weighted by Gasteiger charge is -1.99. The van der Waals surface area contributed by atoms with E-state index in [1.54, 1.807) is 6.20 Å². The molecule has 3 heterocycles. The second-order valence-electron chi connectivity index (χ2n) is 6.37. The van der Waals surface area contributed by atoms with E-state index in [2.05, 4.69) is 31.3 Å². The average molecular weight is 353 g/mol. The zero-order valence-electron chi connectivity index (χ0n) is 14.5. The first-order valence-electron chi connectivity index (χ1n) is 8.57. The Morgan fingerprint density at radius 2 is 1.85 bits per heavy atom. The summed E-state index contributed by atoms with van der Waals surface area (Å²) in [5.41, 5.74) is 5.18. The van der Waals surface area contributed by atoms with Crippen LogP contribution in [0.3, 0.4) is 0 Å². The van der Waals surface area contributed by atoms with Crippen molar-refractivity contribution in [1.29, 1.82) is 0 Å². The molecule has 0 spiro atoms. The summed E-state index contributed by atoms with van der Waals surface area (Å²) in [6.45, 7) is 1.94. The molecule has 0 atom stereocenters. The van der Waals surface area contributed by atoms with Crippen LogP contribution in [-0.2, 0) is 0 Å². The van der Waals surface area contributed by atoms with Gasteiger partial charge < -0.3 is 10.1 Å². The fraction of sp³-hybridized carbons (Fsp3) is 0.0476. The number of H-pyrrole nitrogens is 1. The molecule has 0 unspecified atom stereocenters. The minimum atomic E-state index is -0.000768. The number of azo groups is 1. The Bertz CT molecular complexity index is 1350. The summed E-state index contributed by atoms with van der Waals surface area (Å²) in [5.74, 6) is -0.000768. The Morgan fingerprint density at radius 3 is 2.78 bits per heavy atom. The first kappa shape index (κ1) is 15.5. The number of nitrogens with one attached hydrogen (secondary N) is 1. The number of hydrogen-bond donors (Lipinski definition) is 2. The maximum Gasteiger partial charge on any atom is 0.218 e. The summed E-state index contributed by atoms with van der Waals surface area (Å²) in [7, 11) is 0. The van der Waals surface area contributed by atoms with E-state index < -0.39 is 0 Å². The van der Waals surface area contributed by atoms with E-state index in [1.807, 2.05) is 55.5 Å². The number of aromatic amines is 1. The maximum atomic E-state index is 10.1. The highest BCUT2D eigenvalue weighted by atomic mass is 16.3. The zero-order valence-corrected chi connectivity index (χ0v) is 14.5. The van der Waals surface area contributed by atoms with Crippen molar-refractivity contribution >= 4 is 28.5 Å². The summed E-state index contributed by atoms with van der Waals surface area (Å²) >= 11 is 0. The van der Waals surface area contributed by atoms with Gasteiger partial charge in [0, 0.05) is 16.5 Å². The minimum Gasteiger partial charge on any atom is -0.493 e. The van der Waals surface area contributed by atoms with Crippen molar-refractivity contribution in [1.82, 2.24) is 9.97 Å². The third-order valence-electron chi connectivity index (χ3n) is 4.62. The Labute approximate surface area is 154 Å². The average Bonchev–Trinajstić information content (AvgIpc) is 3.20. The lowest BCUT2D eigenvalue weighted by molar-refractivity contribution is 0.459. The van der Waals surface area contributed by atoms with Gasteiger partial charge in [0.25, 0.3) is 0 Å². The largest absolute Gasteiger partial charge is 0.493 e. The summed E-state index contributed by atoms with van der Waals surface area (Å²) in [4.78, 5) is 12.1. The minimum absolute atomic E-state index is 0.000768. The number of fused-ring (bicyclic) bond motifs is 4. The molecule has 2 N–H and O–H groups in total. The smallest absolute Gasteiger partial charge is 0.218 e. The van der Waals surface area contributed by atoms with Crippen molar-refractivity contribution in [3.63, 3.8) is 0 Å². The lowest BCUT2D eigenvalue weighted by atomic mass is 10.1. The SMILES string of the molecule is Cc1nc(=CN=Nc2c(O)[nH]c3ccccc23)cc2c1=Nc1ccccc1-2. The number of benzene rings is 2. The molecule has 130 valence electrons. The molecule has 5 rings (SSSR count). The standard InChI is InChI=1S/C21H15N5O/c1-12-19-16(14-6-2-4-8-17(14)24-19)10-13(23-12)11-22-26-20-15-7-3-5-9-18(15)25-21(20)27/h2-11,25,27H,1H3. The van der Waals surface area contributed by atoms with E-state index in [0.717, 1.165) is 38.8 Å². The highest BCUT2D eigenvalue weighted by Gasteiger charge is 2.15. The summed E-state index contributed by atoms with van der Waals surface area (Å²) in [6, 6.07) is 17.5. The van der Waals surface area contributed by atoms with Crippen LogP contribution in [-0.4, -0.2) is 15.1 Å². The normalized spacial score (nSPS) is 13.1.